The minimum atomic E-state index is -4.73. The Morgan fingerprint density at radius 3 is 2.15 bits per heavy atom. The van der Waals surface area contributed by atoms with E-state index in [-0.39, 0.29) is 30.8 Å². The monoisotopic (exact) mass is 404 g/mol. The fraction of sp³-hybridized carbons (Fsp3) is 0.500. The maximum absolute atomic E-state index is 12.9. The number of piperidine rings is 1. The summed E-state index contributed by atoms with van der Waals surface area (Å²) in [5, 5.41) is 3.43. The van der Waals surface area contributed by atoms with Crippen LogP contribution in [0.1, 0.15) is 30.3 Å². The zero-order chi connectivity index (χ0) is 20.0. The Hall–Kier alpha value is -2.14. The zero-order valence-corrected chi connectivity index (χ0v) is 15.6. The molecule has 148 valence electrons. The largest absolute Gasteiger partial charge is 0.451 e. The molecular weight excluding hydrogens is 385 g/mol. The minimum absolute atomic E-state index is 0.102. The van der Waals surface area contributed by atoms with E-state index in [0.29, 0.717) is 4.57 Å². The molecule has 1 aliphatic heterocycles. The molecule has 7 nitrogen and oxygen atoms in total. The van der Waals surface area contributed by atoms with Crippen LogP contribution in [0.15, 0.2) is 34.0 Å². The summed E-state index contributed by atoms with van der Waals surface area (Å²) in [5.74, 6) is -1.26. The summed E-state index contributed by atoms with van der Waals surface area (Å²) in [4.78, 5) is 12.3. The molecule has 1 aliphatic rings. The highest BCUT2D eigenvalue weighted by Crippen LogP contribution is 2.29. The average Bonchev–Trinajstić information content (AvgIpc) is 2.91. The second kappa shape index (κ2) is 6.79. The first kappa shape index (κ1) is 19.6. The molecule has 0 aliphatic carbocycles. The molecule has 1 saturated heterocycles. The van der Waals surface area contributed by atoms with Crippen LogP contribution in [0.4, 0.5) is 13.2 Å². The van der Waals surface area contributed by atoms with Crippen molar-refractivity contribution in [1.82, 2.24) is 18.7 Å². The summed E-state index contributed by atoms with van der Waals surface area (Å²) >= 11 is 0. The minimum Gasteiger partial charge on any atom is -0.274 e. The van der Waals surface area contributed by atoms with Gasteiger partial charge in [0.1, 0.15) is 0 Å². The third kappa shape index (κ3) is 3.65. The normalized spacial score (nSPS) is 17.4. The van der Waals surface area contributed by atoms with Gasteiger partial charge in [-0.05, 0) is 31.9 Å². The molecule has 2 heterocycles. The number of sulfonamides is 1. The summed E-state index contributed by atoms with van der Waals surface area (Å²) in [7, 11) is -2.66. The quantitative estimate of drug-likeness (QED) is 0.783. The maximum atomic E-state index is 12.9. The van der Waals surface area contributed by atoms with E-state index in [2.05, 4.69) is 5.10 Å². The Morgan fingerprint density at radius 1 is 1.11 bits per heavy atom. The van der Waals surface area contributed by atoms with Crippen LogP contribution in [0.2, 0.25) is 0 Å². The Bertz CT molecular complexity index is 985. The fourth-order valence-electron chi connectivity index (χ4n) is 3.13. The summed E-state index contributed by atoms with van der Waals surface area (Å²) < 4.78 is 66.7. The van der Waals surface area contributed by atoms with Gasteiger partial charge in [0.15, 0.2) is 0 Å². The highest BCUT2D eigenvalue weighted by atomic mass is 32.2. The van der Waals surface area contributed by atoms with Crippen molar-refractivity contribution in [3.8, 4) is 0 Å². The third-order valence-corrected chi connectivity index (χ3v) is 6.60. The molecule has 11 heteroatoms. The average molecular weight is 404 g/mol. The van der Waals surface area contributed by atoms with Gasteiger partial charge in [-0.2, -0.15) is 17.5 Å². The van der Waals surface area contributed by atoms with E-state index < -0.39 is 33.8 Å². The van der Waals surface area contributed by atoms with Gasteiger partial charge in [0, 0.05) is 20.1 Å². The summed E-state index contributed by atoms with van der Waals surface area (Å²) in [6, 6.07) is 5.87. The molecule has 0 radical (unpaired) electrons. The predicted octanol–water partition coefficient (Wildman–Crippen LogP) is 1.93. The number of benzene rings is 1. The van der Waals surface area contributed by atoms with E-state index in [0.717, 1.165) is 17.3 Å². The van der Waals surface area contributed by atoms with Gasteiger partial charge in [0.25, 0.3) is 0 Å². The second-order valence-electron chi connectivity index (χ2n) is 6.56. The van der Waals surface area contributed by atoms with Crippen LogP contribution >= 0.6 is 0 Å². The molecule has 0 amide bonds. The summed E-state index contributed by atoms with van der Waals surface area (Å²) in [5.41, 5.74) is 0.0739. The van der Waals surface area contributed by atoms with Crippen LogP contribution in [0.3, 0.4) is 0 Å². The standard InChI is InChI=1S/C16H19F3N4O3S/c1-11-3-5-13(6-4-11)27(25,26)22-9-7-12(8-10-22)23-15(24)21(2)14(20-23)16(17,18)19/h3-6,12H,7-10H2,1-2H3. The van der Waals surface area contributed by atoms with Crippen LogP contribution < -0.4 is 5.69 Å². The van der Waals surface area contributed by atoms with Crippen molar-refractivity contribution in [1.29, 1.82) is 0 Å². The number of rotatable bonds is 3. The van der Waals surface area contributed by atoms with Gasteiger partial charge < -0.3 is 0 Å². The highest BCUT2D eigenvalue weighted by Gasteiger charge is 2.39. The topological polar surface area (TPSA) is 77.2 Å². The van der Waals surface area contributed by atoms with E-state index >= 15 is 0 Å². The molecule has 3 rings (SSSR count). The van der Waals surface area contributed by atoms with Gasteiger partial charge >= 0.3 is 11.9 Å². The van der Waals surface area contributed by atoms with Crippen LogP contribution in [0, 0.1) is 6.92 Å². The maximum Gasteiger partial charge on any atom is 0.451 e. The van der Waals surface area contributed by atoms with Gasteiger partial charge in [0.2, 0.25) is 15.8 Å². The molecule has 1 aromatic carbocycles. The van der Waals surface area contributed by atoms with Crippen molar-refractivity contribution < 1.29 is 21.6 Å². The first-order valence-corrected chi connectivity index (χ1v) is 9.75. The van der Waals surface area contributed by atoms with E-state index in [1.165, 1.54) is 16.4 Å². The SMILES string of the molecule is Cc1ccc(S(=O)(=O)N2CCC(n3nc(C(F)(F)F)n(C)c3=O)CC2)cc1. The second-order valence-corrected chi connectivity index (χ2v) is 8.49. The van der Waals surface area contributed by atoms with Crippen LogP contribution in [0.5, 0.6) is 0 Å². The Labute approximate surface area is 154 Å². The molecule has 0 unspecified atom stereocenters. The number of hydrogen-bond donors (Lipinski definition) is 0. The van der Waals surface area contributed by atoms with Crippen LogP contribution in [0.25, 0.3) is 0 Å². The van der Waals surface area contributed by atoms with Crippen molar-refractivity contribution in [3.05, 3.63) is 46.1 Å². The lowest BCUT2D eigenvalue weighted by Crippen LogP contribution is -2.41. The van der Waals surface area contributed by atoms with Crippen molar-refractivity contribution in [2.75, 3.05) is 13.1 Å². The predicted molar refractivity (Wildman–Crippen MR) is 90.7 cm³/mol. The number of hydrogen-bond acceptors (Lipinski definition) is 4. The van der Waals surface area contributed by atoms with Gasteiger partial charge in [-0.1, -0.05) is 17.7 Å². The summed E-state index contributed by atoms with van der Waals surface area (Å²) in [6.45, 7) is 2.05. The van der Waals surface area contributed by atoms with Crippen molar-refractivity contribution in [3.63, 3.8) is 0 Å². The van der Waals surface area contributed by atoms with Gasteiger partial charge in [-0.3, -0.25) is 4.57 Å². The molecule has 0 saturated carbocycles. The van der Waals surface area contributed by atoms with E-state index in [1.54, 1.807) is 12.1 Å². The van der Waals surface area contributed by atoms with E-state index in [4.69, 9.17) is 0 Å². The van der Waals surface area contributed by atoms with Crippen molar-refractivity contribution >= 4 is 10.0 Å². The molecule has 27 heavy (non-hydrogen) atoms. The lowest BCUT2D eigenvalue weighted by Gasteiger charge is -2.30. The Kier molecular flexibility index (Phi) is 4.93. The number of aryl methyl sites for hydroxylation is 1. The first-order chi connectivity index (χ1) is 12.5. The van der Waals surface area contributed by atoms with Gasteiger partial charge in [0.05, 0.1) is 10.9 Å². The molecule has 2 aromatic rings. The first-order valence-electron chi connectivity index (χ1n) is 8.31. The van der Waals surface area contributed by atoms with Crippen molar-refractivity contribution in [2.24, 2.45) is 7.05 Å². The van der Waals surface area contributed by atoms with Gasteiger partial charge in [-0.15, -0.1) is 5.10 Å². The molecule has 1 aromatic heterocycles. The highest BCUT2D eigenvalue weighted by molar-refractivity contribution is 7.89. The number of halogens is 3. The Morgan fingerprint density at radius 2 is 1.67 bits per heavy atom. The third-order valence-electron chi connectivity index (χ3n) is 4.68. The fourth-order valence-corrected chi connectivity index (χ4v) is 4.60. The lowest BCUT2D eigenvalue weighted by molar-refractivity contribution is -0.147. The molecular formula is C16H19F3N4O3S. The van der Waals surface area contributed by atoms with Crippen molar-refractivity contribution in [2.45, 2.75) is 36.9 Å². The van der Waals surface area contributed by atoms with Crippen LogP contribution in [-0.4, -0.2) is 40.2 Å². The number of nitrogens with zero attached hydrogens (tertiary/aromatic N) is 4. The van der Waals surface area contributed by atoms with Crippen LogP contribution in [-0.2, 0) is 23.2 Å². The molecule has 0 N–H and O–H groups in total. The smallest absolute Gasteiger partial charge is 0.274 e. The summed E-state index contributed by atoms with van der Waals surface area (Å²) in [6.07, 6.45) is -4.31. The molecule has 1 fully saturated rings. The van der Waals surface area contributed by atoms with E-state index in [9.17, 15) is 26.4 Å². The molecule has 0 spiro atoms. The molecule has 0 bridgehead atoms. The zero-order valence-electron chi connectivity index (χ0n) is 14.8. The van der Waals surface area contributed by atoms with Gasteiger partial charge in [-0.25, -0.2) is 17.9 Å². The lowest BCUT2D eigenvalue weighted by atomic mass is 10.1. The molecule has 0 atom stereocenters. The number of aromatic nitrogens is 3. The van der Waals surface area contributed by atoms with E-state index in [1.807, 2.05) is 6.92 Å². The number of alkyl halides is 3. The Balaban J connectivity index is 1.78.